The van der Waals surface area contributed by atoms with Crippen molar-refractivity contribution < 1.29 is 36.9 Å². The lowest BCUT2D eigenvalue weighted by Crippen LogP contribution is -2.20. The highest BCUT2D eigenvalue weighted by Crippen LogP contribution is 2.40. The van der Waals surface area contributed by atoms with Crippen molar-refractivity contribution in [3.8, 4) is 17.2 Å². The Kier molecular flexibility index (Phi) is 4.68. The van der Waals surface area contributed by atoms with Crippen LogP contribution >= 0.6 is 0 Å². The van der Waals surface area contributed by atoms with Gasteiger partial charge in [0.05, 0.1) is 5.92 Å². The van der Waals surface area contributed by atoms with Crippen molar-refractivity contribution in [2.45, 2.75) is 38.1 Å². The fourth-order valence-corrected chi connectivity index (χ4v) is 4.19. The lowest BCUT2D eigenvalue weighted by molar-refractivity contribution is -0.274. The van der Waals surface area contributed by atoms with Gasteiger partial charge in [0.1, 0.15) is 12.4 Å². The van der Waals surface area contributed by atoms with Crippen molar-refractivity contribution in [1.82, 2.24) is 4.98 Å². The number of H-pyrrole nitrogens is 1. The summed E-state index contributed by atoms with van der Waals surface area (Å²) in [6.45, 7) is 0.218. The normalized spacial score (nSPS) is 17.5. The van der Waals surface area contributed by atoms with Crippen LogP contribution in [0, 0.1) is 0 Å². The molecule has 0 radical (unpaired) electrons. The van der Waals surface area contributed by atoms with Gasteiger partial charge >= 0.3 is 12.3 Å². The molecular formula is C22H18F3NO5. The van der Waals surface area contributed by atoms with Gasteiger partial charge < -0.3 is 23.9 Å². The lowest BCUT2D eigenvalue weighted by Gasteiger charge is -2.22. The van der Waals surface area contributed by atoms with Gasteiger partial charge in [-0.15, -0.1) is 13.2 Å². The van der Waals surface area contributed by atoms with Gasteiger partial charge in [-0.3, -0.25) is 4.79 Å². The molecule has 3 aromatic rings. The Morgan fingerprint density at radius 1 is 1.13 bits per heavy atom. The van der Waals surface area contributed by atoms with E-state index in [2.05, 4.69) is 9.72 Å². The highest BCUT2D eigenvalue weighted by atomic mass is 19.4. The maximum atomic E-state index is 12.9. The van der Waals surface area contributed by atoms with Crippen molar-refractivity contribution >= 4 is 16.9 Å². The molecule has 2 heterocycles. The van der Waals surface area contributed by atoms with Crippen molar-refractivity contribution in [2.75, 3.05) is 6.79 Å². The van der Waals surface area contributed by atoms with Crippen LogP contribution in [-0.2, 0) is 22.6 Å². The SMILES string of the molecule is O=C(OCc1ccc2c(c1)OCO2)C1CCCc2[nH]c3ccc(OC(F)(F)F)cc3c21. The third-order valence-corrected chi connectivity index (χ3v) is 5.50. The first kappa shape index (κ1) is 19.6. The number of ether oxygens (including phenoxy) is 4. The summed E-state index contributed by atoms with van der Waals surface area (Å²) in [5.41, 5.74) is 2.95. The van der Waals surface area contributed by atoms with Crippen LogP contribution in [0.5, 0.6) is 17.2 Å². The molecule has 2 aliphatic rings. The fraction of sp³-hybridized carbons (Fsp3) is 0.318. The van der Waals surface area contributed by atoms with Crippen LogP contribution in [0.25, 0.3) is 10.9 Å². The molecule has 5 rings (SSSR count). The number of hydrogen-bond donors (Lipinski definition) is 1. The van der Waals surface area contributed by atoms with E-state index in [4.69, 9.17) is 14.2 Å². The molecule has 6 nitrogen and oxygen atoms in total. The van der Waals surface area contributed by atoms with Gasteiger partial charge in [0, 0.05) is 16.6 Å². The van der Waals surface area contributed by atoms with E-state index in [0.29, 0.717) is 40.8 Å². The van der Waals surface area contributed by atoms with Crippen LogP contribution in [0.15, 0.2) is 36.4 Å². The monoisotopic (exact) mass is 433 g/mol. The molecule has 1 aliphatic carbocycles. The minimum absolute atomic E-state index is 0.0616. The standard InChI is InChI=1S/C22H18F3NO5/c23-22(24,25)31-13-5-6-16-15(9-13)20-14(2-1-3-17(20)26-16)21(27)28-10-12-4-7-18-19(8-12)30-11-29-18/h4-9,14,26H,1-3,10-11H2. The number of aromatic nitrogens is 1. The zero-order valence-electron chi connectivity index (χ0n) is 16.3. The summed E-state index contributed by atoms with van der Waals surface area (Å²) in [4.78, 5) is 16.1. The van der Waals surface area contributed by atoms with Crippen molar-refractivity contribution in [2.24, 2.45) is 0 Å². The molecule has 1 aromatic heterocycles. The summed E-state index contributed by atoms with van der Waals surface area (Å²) in [5.74, 6) is -0.0563. The summed E-state index contributed by atoms with van der Waals surface area (Å²) in [6.07, 6.45) is -2.74. The van der Waals surface area contributed by atoms with Gasteiger partial charge in [0.25, 0.3) is 0 Å². The van der Waals surface area contributed by atoms with E-state index in [-0.39, 0.29) is 19.1 Å². The number of halogens is 3. The summed E-state index contributed by atoms with van der Waals surface area (Å²) in [6, 6.07) is 9.41. The number of alkyl halides is 3. The molecule has 1 unspecified atom stereocenters. The van der Waals surface area contributed by atoms with E-state index in [1.165, 1.54) is 18.2 Å². The Balaban J connectivity index is 1.38. The maximum Gasteiger partial charge on any atom is 0.573 e. The third-order valence-electron chi connectivity index (χ3n) is 5.50. The minimum Gasteiger partial charge on any atom is -0.460 e. The summed E-state index contributed by atoms with van der Waals surface area (Å²) in [7, 11) is 0. The van der Waals surface area contributed by atoms with E-state index in [1.54, 1.807) is 18.2 Å². The second kappa shape index (κ2) is 7.40. The van der Waals surface area contributed by atoms with Crippen molar-refractivity contribution in [3.05, 3.63) is 53.2 Å². The van der Waals surface area contributed by atoms with E-state index in [1.807, 2.05) is 0 Å². The Morgan fingerprint density at radius 2 is 1.97 bits per heavy atom. The molecule has 2 aromatic carbocycles. The summed E-state index contributed by atoms with van der Waals surface area (Å²) in [5, 5.41) is 0.543. The average molecular weight is 433 g/mol. The van der Waals surface area contributed by atoms with E-state index in [0.717, 1.165) is 17.7 Å². The zero-order valence-corrected chi connectivity index (χ0v) is 16.3. The van der Waals surface area contributed by atoms with Gasteiger partial charge in [0.15, 0.2) is 11.5 Å². The number of carbonyl (C=O) groups is 1. The number of benzene rings is 2. The zero-order chi connectivity index (χ0) is 21.6. The predicted molar refractivity (Wildman–Crippen MR) is 103 cm³/mol. The van der Waals surface area contributed by atoms with Gasteiger partial charge in [-0.2, -0.15) is 0 Å². The molecule has 1 N–H and O–H groups in total. The summed E-state index contributed by atoms with van der Waals surface area (Å²) < 4.78 is 58.1. The number of aryl methyl sites for hydroxylation is 1. The fourth-order valence-electron chi connectivity index (χ4n) is 4.19. The Labute approximate surface area is 174 Å². The second-order valence-corrected chi connectivity index (χ2v) is 7.51. The molecule has 0 saturated carbocycles. The van der Waals surface area contributed by atoms with Gasteiger partial charge in [-0.05, 0) is 60.7 Å². The van der Waals surface area contributed by atoms with Gasteiger partial charge in [0.2, 0.25) is 6.79 Å². The Hall–Kier alpha value is -3.36. The van der Waals surface area contributed by atoms with Crippen LogP contribution in [0.3, 0.4) is 0 Å². The quantitative estimate of drug-likeness (QED) is 0.589. The smallest absolute Gasteiger partial charge is 0.460 e. The average Bonchev–Trinajstić information content (AvgIpc) is 3.34. The first-order valence-corrected chi connectivity index (χ1v) is 9.83. The molecule has 0 amide bonds. The van der Waals surface area contributed by atoms with E-state index >= 15 is 0 Å². The Bertz CT molecular complexity index is 1150. The number of hydrogen-bond acceptors (Lipinski definition) is 5. The first-order valence-electron chi connectivity index (χ1n) is 9.83. The van der Waals surface area contributed by atoms with Crippen LogP contribution in [0.2, 0.25) is 0 Å². The predicted octanol–water partition coefficient (Wildman–Crippen LogP) is 4.96. The lowest BCUT2D eigenvalue weighted by atomic mass is 9.85. The molecule has 9 heteroatoms. The molecule has 0 bridgehead atoms. The summed E-state index contributed by atoms with van der Waals surface area (Å²) >= 11 is 0. The molecule has 31 heavy (non-hydrogen) atoms. The number of esters is 1. The maximum absolute atomic E-state index is 12.9. The highest BCUT2D eigenvalue weighted by Gasteiger charge is 2.33. The largest absolute Gasteiger partial charge is 0.573 e. The topological polar surface area (TPSA) is 69.8 Å². The second-order valence-electron chi connectivity index (χ2n) is 7.51. The number of rotatable bonds is 4. The van der Waals surface area contributed by atoms with Crippen LogP contribution in [-0.4, -0.2) is 24.1 Å². The number of fused-ring (bicyclic) bond motifs is 4. The van der Waals surface area contributed by atoms with E-state index in [9.17, 15) is 18.0 Å². The molecule has 0 fully saturated rings. The molecule has 0 saturated heterocycles. The third kappa shape index (κ3) is 3.87. The molecular weight excluding hydrogens is 415 g/mol. The number of aromatic amines is 1. The highest BCUT2D eigenvalue weighted by molar-refractivity contribution is 5.92. The number of carbonyl (C=O) groups excluding carboxylic acids is 1. The molecule has 1 atom stereocenters. The first-order chi connectivity index (χ1) is 14.9. The van der Waals surface area contributed by atoms with Gasteiger partial charge in [-0.25, -0.2) is 0 Å². The Morgan fingerprint density at radius 3 is 2.81 bits per heavy atom. The minimum atomic E-state index is -4.78. The van der Waals surface area contributed by atoms with Crippen molar-refractivity contribution in [3.63, 3.8) is 0 Å². The molecule has 1 aliphatic heterocycles. The molecule has 0 spiro atoms. The van der Waals surface area contributed by atoms with Crippen LogP contribution in [0.1, 0.15) is 35.6 Å². The van der Waals surface area contributed by atoms with Crippen LogP contribution in [0.4, 0.5) is 13.2 Å². The van der Waals surface area contributed by atoms with Crippen LogP contribution < -0.4 is 14.2 Å². The van der Waals surface area contributed by atoms with E-state index < -0.39 is 18.2 Å². The van der Waals surface area contributed by atoms with Crippen molar-refractivity contribution in [1.29, 1.82) is 0 Å². The van der Waals surface area contributed by atoms with Gasteiger partial charge in [-0.1, -0.05) is 6.07 Å². The number of nitrogens with one attached hydrogen (secondary N) is 1. The molecule has 162 valence electrons.